The van der Waals surface area contributed by atoms with E-state index in [-0.39, 0.29) is 36.8 Å². The van der Waals surface area contributed by atoms with Gasteiger partial charge in [-0.2, -0.15) is 0 Å². The lowest BCUT2D eigenvalue weighted by Crippen LogP contribution is -2.36. The van der Waals surface area contributed by atoms with E-state index in [1.165, 1.54) is 6.26 Å². The standard InChI is InChI=1S/C18H18N2O6/c21-16(9-20-17(22)12-4-1-2-5-13(12)18(20)23)25-10-11-8-15(26-19-11)14-6-3-7-24-14/h3,6-8,12-13H,1-2,4-5,9-10H2/t12-,13+. The number of nitrogens with zero attached hydrogens (tertiary/aromatic N) is 2. The quantitative estimate of drug-likeness (QED) is 0.596. The maximum atomic E-state index is 12.4. The van der Waals surface area contributed by atoms with Crippen molar-refractivity contribution in [2.45, 2.75) is 32.3 Å². The molecule has 2 atom stereocenters. The molecular formula is C18H18N2O6. The number of furan rings is 1. The lowest BCUT2D eigenvalue weighted by molar-refractivity contribution is -0.153. The maximum absolute atomic E-state index is 12.4. The van der Waals surface area contributed by atoms with Crippen LogP contribution in [-0.2, 0) is 25.7 Å². The summed E-state index contributed by atoms with van der Waals surface area (Å²) in [6.07, 6.45) is 4.84. The fourth-order valence-corrected chi connectivity index (χ4v) is 3.63. The van der Waals surface area contributed by atoms with E-state index in [0.29, 0.717) is 17.2 Å². The fourth-order valence-electron chi connectivity index (χ4n) is 3.63. The second kappa shape index (κ2) is 6.78. The molecule has 2 aliphatic rings. The van der Waals surface area contributed by atoms with Crippen molar-refractivity contribution >= 4 is 17.8 Å². The van der Waals surface area contributed by atoms with E-state index < -0.39 is 5.97 Å². The third-order valence-electron chi connectivity index (χ3n) is 4.92. The average Bonchev–Trinajstić information content (AvgIpc) is 3.38. The summed E-state index contributed by atoms with van der Waals surface area (Å²) in [5, 5.41) is 3.81. The smallest absolute Gasteiger partial charge is 0.326 e. The van der Waals surface area contributed by atoms with Crippen LogP contribution in [0.5, 0.6) is 0 Å². The van der Waals surface area contributed by atoms with Crippen LogP contribution in [-0.4, -0.2) is 34.4 Å². The van der Waals surface area contributed by atoms with Crippen LogP contribution in [0.25, 0.3) is 11.5 Å². The number of imide groups is 1. The Kier molecular flexibility index (Phi) is 4.32. The van der Waals surface area contributed by atoms with Gasteiger partial charge in [-0.1, -0.05) is 18.0 Å². The monoisotopic (exact) mass is 358 g/mol. The van der Waals surface area contributed by atoms with Crippen LogP contribution < -0.4 is 0 Å². The number of carbonyl (C=O) groups is 3. The first kappa shape index (κ1) is 16.6. The van der Waals surface area contributed by atoms with Gasteiger partial charge in [0, 0.05) is 6.07 Å². The Morgan fingerprint density at radius 1 is 1.19 bits per heavy atom. The van der Waals surface area contributed by atoms with Crippen molar-refractivity contribution in [1.29, 1.82) is 0 Å². The van der Waals surface area contributed by atoms with Crippen LogP contribution in [0.4, 0.5) is 0 Å². The second-order valence-corrected chi connectivity index (χ2v) is 6.58. The normalized spacial score (nSPS) is 22.5. The van der Waals surface area contributed by atoms with Gasteiger partial charge < -0.3 is 13.7 Å². The Morgan fingerprint density at radius 2 is 1.92 bits per heavy atom. The number of esters is 1. The fraction of sp³-hybridized carbons (Fsp3) is 0.444. The molecule has 8 heteroatoms. The molecule has 1 saturated heterocycles. The Hall–Kier alpha value is -2.90. The summed E-state index contributed by atoms with van der Waals surface area (Å²) in [6, 6.07) is 5.05. The van der Waals surface area contributed by atoms with E-state index in [0.717, 1.165) is 30.6 Å². The van der Waals surface area contributed by atoms with Gasteiger partial charge in [0.05, 0.1) is 18.1 Å². The van der Waals surface area contributed by atoms with Crippen molar-refractivity contribution in [2.24, 2.45) is 11.8 Å². The van der Waals surface area contributed by atoms with Gasteiger partial charge in [0.25, 0.3) is 0 Å². The maximum Gasteiger partial charge on any atom is 0.326 e. The number of hydrogen-bond donors (Lipinski definition) is 0. The molecule has 0 spiro atoms. The molecule has 0 radical (unpaired) electrons. The van der Waals surface area contributed by atoms with Gasteiger partial charge in [-0.15, -0.1) is 0 Å². The number of rotatable bonds is 5. The van der Waals surface area contributed by atoms with Crippen LogP contribution in [0.2, 0.25) is 0 Å². The number of aromatic nitrogens is 1. The predicted molar refractivity (Wildman–Crippen MR) is 86.2 cm³/mol. The molecule has 2 aromatic heterocycles. The molecule has 0 bridgehead atoms. The highest BCUT2D eigenvalue weighted by atomic mass is 16.5. The Morgan fingerprint density at radius 3 is 2.58 bits per heavy atom. The molecule has 0 aromatic carbocycles. The van der Waals surface area contributed by atoms with Crippen molar-refractivity contribution < 1.29 is 28.1 Å². The van der Waals surface area contributed by atoms with Gasteiger partial charge >= 0.3 is 5.97 Å². The van der Waals surface area contributed by atoms with Gasteiger partial charge in [-0.05, 0) is 25.0 Å². The summed E-state index contributed by atoms with van der Waals surface area (Å²) in [7, 11) is 0. The van der Waals surface area contributed by atoms with Gasteiger partial charge in [-0.25, -0.2) is 0 Å². The summed E-state index contributed by atoms with van der Waals surface area (Å²) in [4.78, 5) is 37.8. The molecule has 2 amide bonds. The van der Waals surface area contributed by atoms with Crippen molar-refractivity contribution in [2.75, 3.05) is 6.54 Å². The third kappa shape index (κ3) is 3.02. The number of ether oxygens (including phenoxy) is 1. The summed E-state index contributed by atoms with van der Waals surface area (Å²) in [5.74, 6) is -0.740. The van der Waals surface area contributed by atoms with E-state index >= 15 is 0 Å². The zero-order valence-corrected chi connectivity index (χ0v) is 14.1. The van der Waals surface area contributed by atoms with Crippen LogP contribution in [0, 0.1) is 11.8 Å². The highest BCUT2D eigenvalue weighted by Gasteiger charge is 2.48. The van der Waals surface area contributed by atoms with Crippen molar-refractivity contribution in [3.8, 4) is 11.5 Å². The van der Waals surface area contributed by atoms with Crippen molar-refractivity contribution in [3.63, 3.8) is 0 Å². The molecule has 136 valence electrons. The molecule has 8 nitrogen and oxygen atoms in total. The number of fused-ring (bicyclic) bond motifs is 1. The highest BCUT2D eigenvalue weighted by Crippen LogP contribution is 2.37. The molecule has 1 aliphatic heterocycles. The lowest BCUT2D eigenvalue weighted by Gasteiger charge is -2.19. The summed E-state index contributed by atoms with van der Waals surface area (Å²) in [6.45, 7) is -0.459. The highest BCUT2D eigenvalue weighted by molar-refractivity contribution is 6.07. The first-order valence-electron chi connectivity index (χ1n) is 8.64. The minimum Gasteiger partial charge on any atom is -0.461 e. The van der Waals surface area contributed by atoms with Crippen LogP contribution in [0.15, 0.2) is 33.4 Å². The molecule has 3 heterocycles. The average molecular weight is 358 g/mol. The van der Waals surface area contributed by atoms with Crippen molar-refractivity contribution in [3.05, 3.63) is 30.2 Å². The molecule has 0 N–H and O–H groups in total. The Balaban J connectivity index is 1.33. The molecule has 2 aromatic rings. The van der Waals surface area contributed by atoms with Crippen LogP contribution in [0.1, 0.15) is 31.4 Å². The first-order chi connectivity index (χ1) is 12.6. The minimum absolute atomic E-state index is 0.105. The topological polar surface area (TPSA) is 103 Å². The van der Waals surface area contributed by atoms with Crippen LogP contribution >= 0.6 is 0 Å². The zero-order valence-electron chi connectivity index (χ0n) is 14.1. The van der Waals surface area contributed by atoms with E-state index in [9.17, 15) is 14.4 Å². The number of hydrogen-bond acceptors (Lipinski definition) is 7. The number of amides is 2. The minimum atomic E-state index is -0.645. The zero-order chi connectivity index (χ0) is 18.1. The predicted octanol–water partition coefficient (Wildman–Crippen LogP) is 2.15. The Bertz CT molecular complexity index is 801. The SMILES string of the molecule is O=C(CN1C(=O)[C@H]2CCCC[C@H]2C1=O)OCc1cc(-c2ccco2)on1. The molecule has 26 heavy (non-hydrogen) atoms. The molecule has 1 aliphatic carbocycles. The summed E-state index contributed by atoms with van der Waals surface area (Å²) < 4.78 is 15.4. The van der Waals surface area contributed by atoms with Gasteiger partial charge in [-0.3, -0.25) is 19.3 Å². The Labute approximate surface area is 149 Å². The van der Waals surface area contributed by atoms with E-state index in [2.05, 4.69) is 5.16 Å². The van der Waals surface area contributed by atoms with E-state index in [4.69, 9.17) is 13.7 Å². The third-order valence-corrected chi connectivity index (χ3v) is 4.92. The molecular weight excluding hydrogens is 340 g/mol. The number of carbonyl (C=O) groups excluding carboxylic acids is 3. The molecule has 1 saturated carbocycles. The molecule has 4 rings (SSSR count). The van der Waals surface area contributed by atoms with Gasteiger partial charge in [0.1, 0.15) is 18.8 Å². The number of likely N-dealkylation sites (tertiary alicyclic amines) is 1. The molecule has 0 unspecified atom stereocenters. The van der Waals surface area contributed by atoms with Gasteiger partial charge in [0.15, 0.2) is 5.76 Å². The second-order valence-electron chi connectivity index (χ2n) is 6.58. The largest absolute Gasteiger partial charge is 0.461 e. The van der Waals surface area contributed by atoms with Crippen molar-refractivity contribution in [1.82, 2.24) is 10.1 Å². The lowest BCUT2D eigenvalue weighted by atomic mass is 9.81. The van der Waals surface area contributed by atoms with Gasteiger partial charge in [0.2, 0.25) is 17.6 Å². The van der Waals surface area contributed by atoms with E-state index in [1.54, 1.807) is 18.2 Å². The summed E-state index contributed by atoms with van der Waals surface area (Å²) >= 11 is 0. The summed E-state index contributed by atoms with van der Waals surface area (Å²) in [5.41, 5.74) is 0.414. The van der Waals surface area contributed by atoms with E-state index in [1.807, 2.05) is 0 Å². The first-order valence-corrected chi connectivity index (χ1v) is 8.64. The molecule has 2 fully saturated rings. The van der Waals surface area contributed by atoms with Crippen LogP contribution in [0.3, 0.4) is 0 Å².